The normalized spacial score (nSPS) is 11.8. The van der Waals surface area contributed by atoms with Gasteiger partial charge in [0.2, 0.25) is 6.54 Å². The van der Waals surface area contributed by atoms with Gasteiger partial charge in [-0.3, -0.25) is 14.7 Å². The largest absolute Gasteiger partial charge is 0.493 e. The summed E-state index contributed by atoms with van der Waals surface area (Å²) in [4.78, 5) is 11.2. The zero-order chi connectivity index (χ0) is 25.7. The molecule has 0 N–H and O–H groups in total. The maximum absolute atomic E-state index is 11.5. The Hall–Kier alpha value is -3.27. The van der Waals surface area contributed by atoms with Crippen LogP contribution in [0.3, 0.4) is 0 Å². The van der Waals surface area contributed by atoms with E-state index in [0.717, 1.165) is 11.3 Å². The van der Waals surface area contributed by atoms with Crippen molar-refractivity contribution in [3.8, 4) is 17.2 Å². The minimum atomic E-state index is -0.538. The van der Waals surface area contributed by atoms with E-state index in [0.29, 0.717) is 38.1 Å². The van der Waals surface area contributed by atoms with E-state index in [4.69, 9.17) is 32.7 Å². The first kappa shape index (κ1) is 25.8. The second-order valence-electron chi connectivity index (χ2n) is 7.77. The molecule has 4 aromatic rings. The molecule has 0 aliphatic rings. The lowest BCUT2D eigenvalue weighted by molar-refractivity contribution is -0.479. The second-order valence-corrected chi connectivity index (χ2v) is 9.75. The molecule has 3 aromatic carbocycles. The Bertz CT molecular complexity index is 1370. The van der Waals surface area contributed by atoms with Crippen molar-refractivity contribution in [2.24, 2.45) is 0 Å². The van der Waals surface area contributed by atoms with Crippen LogP contribution in [0, 0.1) is 17.0 Å². The third-order valence-electron chi connectivity index (χ3n) is 5.31. The van der Waals surface area contributed by atoms with E-state index < -0.39 is 5.25 Å². The second kappa shape index (κ2) is 11.6. The Morgan fingerprint density at radius 3 is 2.50 bits per heavy atom. The molecule has 0 aliphatic carbocycles. The van der Waals surface area contributed by atoms with E-state index in [2.05, 4.69) is 10.2 Å². The van der Waals surface area contributed by atoms with Gasteiger partial charge in [0, 0.05) is 10.6 Å². The molecule has 186 valence electrons. The van der Waals surface area contributed by atoms with Crippen molar-refractivity contribution >= 4 is 35.0 Å². The molecule has 4 rings (SSSR count). The number of nitrogens with zero attached hydrogens (tertiary/aromatic N) is 4. The summed E-state index contributed by atoms with van der Waals surface area (Å²) < 4.78 is 13.3. The average molecular weight is 545 g/mol. The van der Waals surface area contributed by atoms with Crippen LogP contribution in [-0.2, 0) is 6.61 Å². The van der Waals surface area contributed by atoms with Crippen molar-refractivity contribution in [1.29, 1.82) is 0 Å². The standard InChI is InChI=1S/C25H22Cl2N4O4S/c1-16-28-29-25(31(16)19-6-4-3-5-7-19)36-24(14-30(32)33)18-9-11-22(23(13-18)34-2)35-15-17-8-10-20(26)21(27)12-17/h3-13,24H,14-15H2,1-2H3/t24-/m0/s1. The summed E-state index contributed by atoms with van der Waals surface area (Å²) in [5.74, 6) is 1.65. The Morgan fingerprint density at radius 2 is 1.81 bits per heavy atom. The molecule has 36 heavy (non-hydrogen) atoms. The fraction of sp³-hybridized carbons (Fsp3) is 0.200. The molecule has 1 atom stereocenters. The third kappa shape index (κ3) is 6.10. The van der Waals surface area contributed by atoms with Gasteiger partial charge in [-0.25, -0.2) is 0 Å². The Kier molecular flexibility index (Phi) is 8.35. The molecule has 0 radical (unpaired) electrons. The van der Waals surface area contributed by atoms with Crippen molar-refractivity contribution in [1.82, 2.24) is 14.8 Å². The summed E-state index contributed by atoms with van der Waals surface area (Å²) in [5, 5.41) is 20.9. The topological polar surface area (TPSA) is 92.3 Å². The summed E-state index contributed by atoms with van der Waals surface area (Å²) >= 11 is 13.3. The van der Waals surface area contributed by atoms with Crippen molar-refractivity contribution in [2.75, 3.05) is 13.7 Å². The van der Waals surface area contributed by atoms with Gasteiger partial charge in [0.1, 0.15) is 17.7 Å². The molecule has 0 amide bonds. The maximum atomic E-state index is 11.5. The number of rotatable bonds is 10. The van der Waals surface area contributed by atoms with Gasteiger partial charge in [0.15, 0.2) is 16.7 Å². The summed E-state index contributed by atoms with van der Waals surface area (Å²) in [6, 6.07) is 20.2. The number of aromatic nitrogens is 3. The van der Waals surface area contributed by atoms with Gasteiger partial charge in [-0.15, -0.1) is 10.2 Å². The van der Waals surface area contributed by atoms with Gasteiger partial charge in [0.25, 0.3) is 0 Å². The van der Waals surface area contributed by atoms with Crippen molar-refractivity contribution in [3.05, 3.63) is 104 Å². The number of ether oxygens (including phenoxy) is 2. The molecule has 0 spiro atoms. The third-order valence-corrected chi connectivity index (χ3v) is 7.23. The molecule has 0 aliphatic heterocycles. The zero-order valence-corrected chi connectivity index (χ0v) is 21.8. The number of hydrogen-bond donors (Lipinski definition) is 0. The van der Waals surface area contributed by atoms with E-state index in [1.54, 1.807) is 30.3 Å². The highest BCUT2D eigenvalue weighted by Gasteiger charge is 2.25. The molecule has 1 heterocycles. The van der Waals surface area contributed by atoms with E-state index in [-0.39, 0.29) is 18.1 Å². The predicted molar refractivity (Wildman–Crippen MR) is 140 cm³/mol. The van der Waals surface area contributed by atoms with Crippen LogP contribution in [-0.4, -0.2) is 33.3 Å². The molecular weight excluding hydrogens is 523 g/mol. The lowest BCUT2D eigenvalue weighted by Crippen LogP contribution is -2.11. The molecule has 0 unspecified atom stereocenters. The fourth-order valence-corrected chi connectivity index (χ4v) is 5.05. The first-order valence-corrected chi connectivity index (χ1v) is 12.5. The first-order valence-electron chi connectivity index (χ1n) is 10.9. The number of methoxy groups -OCH3 is 1. The van der Waals surface area contributed by atoms with E-state index in [9.17, 15) is 10.1 Å². The summed E-state index contributed by atoms with van der Waals surface area (Å²) in [6.07, 6.45) is 0. The molecule has 1 aromatic heterocycles. The van der Waals surface area contributed by atoms with Crippen LogP contribution >= 0.6 is 35.0 Å². The number of para-hydroxylation sites is 1. The van der Waals surface area contributed by atoms with E-state index in [1.165, 1.54) is 18.9 Å². The van der Waals surface area contributed by atoms with Crippen LogP contribution in [0.4, 0.5) is 0 Å². The lowest BCUT2D eigenvalue weighted by atomic mass is 10.1. The van der Waals surface area contributed by atoms with Crippen LogP contribution in [0.15, 0.2) is 71.9 Å². The number of nitro groups is 1. The molecular formula is C25H22Cl2N4O4S. The maximum Gasteiger partial charge on any atom is 0.220 e. The molecule has 0 fully saturated rings. The highest BCUT2D eigenvalue weighted by atomic mass is 35.5. The van der Waals surface area contributed by atoms with Gasteiger partial charge >= 0.3 is 0 Å². The quantitative estimate of drug-likeness (QED) is 0.126. The average Bonchev–Trinajstić information content (AvgIpc) is 3.24. The number of hydrogen-bond acceptors (Lipinski definition) is 7. The zero-order valence-electron chi connectivity index (χ0n) is 19.4. The predicted octanol–water partition coefficient (Wildman–Crippen LogP) is 6.58. The van der Waals surface area contributed by atoms with Crippen molar-refractivity contribution in [3.63, 3.8) is 0 Å². The van der Waals surface area contributed by atoms with Crippen LogP contribution < -0.4 is 9.47 Å². The summed E-state index contributed by atoms with van der Waals surface area (Å²) in [5.41, 5.74) is 2.43. The molecule has 8 nitrogen and oxygen atoms in total. The van der Waals surface area contributed by atoms with Gasteiger partial charge in [0.05, 0.1) is 17.2 Å². The van der Waals surface area contributed by atoms with Gasteiger partial charge in [-0.1, -0.05) is 65.3 Å². The molecule has 0 bridgehead atoms. The van der Waals surface area contributed by atoms with Crippen LogP contribution in [0.2, 0.25) is 10.0 Å². The highest BCUT2D eigenvalue weighted by Crippen LogP contribution is 2.39. The number of benzene rings is 3. The minimum absolute atomic E-state index is 0.249. The smallest absolute Gasteiger partial charge is 0.220 e. The van der Waals surface area contributed by atoms with Crippen LogP contribution in [0.5, 0.6) is 11.5 Å². The van der Waals surface area contributed by atoms with Gasteiger partial charge < -0.3 is 9.47 Å². The Balaban J connectivity index is 1.59. The van der Waals surface area contributed by atoms with E-state index in [1.807, 2.05) is 47.9 Å². The first-order chi connectivity index (χ1) is 17.4. The fourth-order valence-electron chi connectivity index (χ4n) is 3.56. The van der Waals surface area contributed by atoms with Crippen molar-refractivity contribution in [2.45, 2.75) is 23.9 Å². The van der Waals surface area contributed by atoms with Crippen LogP contribution in [0.1, 0.15) is 22.2 Å². The minimum Gasteiger partial charge on any atom is -0.493 e. The highest BCUT2D eigenvalue weighted by molar-refractivity contribution is 7.99. The van der Waals surface area contributed by atoms with Crippen LogP contribution in [0.25, 0.3) is 5.69 Å². The van der Waals surface area contributed by atoms with Gasteiger partial charge in [-0.05, 0) is 54.4 Å². The molecule has 11 heteroatoms. The number of halogens is 2. The number of aryl methyl sites for hydroxylation is 1. The van der Waals surface area contributed by atoms with Crippen molar-refractivity contribution < 1.29 is 14.4 Å². The Labute approximate surface area is 222 Å². The molecule has 0 saturated carbocycles. The monoisotopic (exact) mass is 544 g/mol. The van der Waals surface area contributed by atoms with Gasteiger partial charge in [-0.2, -0.15) is 0 Å². The number of thioether (sulfide) groups is 1. The summed E-state index contributed by atoms with van der Waals surface area (Å²) in [7, 11) is 1.52. The van der Waals surface area contributed by atoms with E-state index >= 15 is 0 Å². The lowest BCUT2D eigenvalue weighted by Gasteiger charge is -2.17. The SMILES string of the molecule is COc1cc([C@H](C[N+](=O)[O-])Sc2nnc(C)n2-c2ccccc2)ccc1OCc1ccc(Cl)c(Cl)c1. The summed E-state index contributed by atoms with van der Waals surface area (Å²) in [6.45, 7) is 1.78. The molecule has 0 saturated heterocycles. The Morgan fingerprint density at radius 1 is 1.03 bits per heavy atom.